The minimum absolute atomic E-state index is 0.134. The highest BCUT2D eigenvalue weighted by molar-refractivity contribution is 6.39. The molecule has 1 aromatic carbocycles. The Morgan fingerprint density at radius 3 is 2.29 bits per heavy atom. The summed E-state index contributed by atoms with van der Waals surface area (Å²) in [7, 11) is 1.66. The lowest BCUT2D eigenvalue weighted by Gasteiger charge is -2.31. The van der Waals surface area contributed by atoms with E-state index < -0.39 is 11.5 Å². The van der Waals surface area contributed by atoms with Crippen LogP contribution in [0.25, 0.3) is 0 Å². The highest BCUT2D eigenvalue weighted by Crippen LogP contribution is 2.29. The molecule has 21 heavy (non-hydrogen) atoms. The maximum absolute atomic E-state index is 11.9. The molecule has 5 nitrogen and oxygen atoms in total. The van der Waals surface area contributed by atoms with Gasteiger partial charge in [0.1, 0.15) is 5.54 Å². The number of benzene rings is 1. The molecule has 116 valence electrons. The molecule has 1 amide bonds. The van der Waals surface area contributed by atoms with E-state index in [2.05, 4.69) is 5.32 Å². The molecule has 0 aromatic heterocycles. The van der Waals surface area contributed by atoms with Crippen molar-refractivity contribution in [3.63, 3.8) is 0 Å². The normalized spacial score (nSPS) is 11.5. The Kier molecular flexibility index (Phi) is 6.01. The zero-order valence-electron chi connectivity index (χ0n) is 12.1. The number of aliphatic carboxylic acids is 1. The van der Waals surface area contributed by atoms with Gasteiger partial charge in [-0.1, -0.05) is 29.3 Å². The number of carboxylic acids is 1. The largest absolute Gasteiger partial charge is 0.480 e. The van der Waals surface area contributed by atoms with Crippen molar-refractivity contribution in [1.82, 2.24) is 4.90 Å². The van der Waals surface area contributed by atoms with Crippen LogP contribution in [0.15, 0.2) is 18.2 Å². The van der Waals surface area contributed by atoms with Gasteiger partial charge in [0, 0.05) is 13.0 Å². The lowest BCUT2D eigenvalue weighted by Crippen LogP contribution is -2.48. The number of hydrogen-bond acceptors (Lipinski definition) is 3. The topological polar surface area (TPSA) is 69.6 Å². The van der Waals surface area contributed by atoms with Gasteiger partial charge in [-0.25, -0.2) is 0 Å². The smallest absolute Gasteiger partial charge is 0.323 e. The molecule has 2 N–H and O–H groups in total. The molecule has 0 aliphatic heterocycles. The second kappa shape index (κ2) is 7.11. The lowest BCUT2D eigenvalue weighted by molar-refractivity contribution is -0.148. The number of anilines is 1. The minimum atomic E-state index is -1.04. The summed E-state index contributed by atoms with van der Waals surface area (Å²) >= 11 is 11.9. The Morgan fingerprint density at radius 2 is 1.81 bits per heavy atom. The van der Waals surface area contributed by atoms with Gasteiger partial charge in [-0.15, -0.1) is 0 Å². The van der Waals surface area contributed by atoms with E-state index in [9.17, 15) is 9.59 Å². The van der Waals surface area contributed by atoms with E-state index in [0.29, 0.717) is 22.3 Å². The highest BCUT2D eigenvalue weighted by atomic mass is 35.5. The van der Waals surface area contributed by atoms with E-state index in [-0.39, 0.29) is 12.3 Å². The van der Waals surface area contributed by atoms with Gasteiger partial charge in [0.15, 0.2) is 0 Å². The van der Waals surface area contributed by atoms with Gasteiger partial charge in [-0.2, -0.15) is 0 Å². The molecule has 0 unspecified atom stereocenters. The van der Waals surface area contributed by atoms with Crippen molar-refractivity contribution in [3.05, 3.63) is 28.2 Å². The van der Waals surface area contributed by atoms with E-state index in [1.54, 1.807) is 44.0 Å². The van der Waals surface area contributed by atoms with E-state index in [0.717, 1.165) is 0 Å². The number of nitrogens with one attached hydrogen (secondary N) is 1. The maximum Gasteiger partial charge on any atom is 0.323 e. The summed E-state index contributed by atoms with van der Waals surface area (Å²) in [4.78, 5) is 24.6. The van der Waals surface area contributed by atoms with E-state index in [1.165, 1.54) is 0 Å². The molecule has 1 aromatic rings. The van der Waals surface area contributed by atoms with Crippen LogP contribution in [0.3, 0.4) is 0 Å². The van der Waals surface area contributed by atoms with Crippen LogP contribution in [-0.4, -0.2) is 41.0 Å². The fourth-order valence-corrected chi connectivity index (χ4v) is 2.02. The van der Waals surface area contributed by atoms with Crippen LogP contribution in [0.4, 0.5) is 5.69 Å². The van der Waals surface area contributed by atoms with Crippen molar-refractivity contribution in [3.8, 4) is 0 Å². The van der Waals surface area contributed by atoms with Crippen molar-refractivity contribution < 1.29 is 14.7 Å². The SMILES string of the molecule is CN(CCC(=O)Nc1c(Cl)cccc1Cl)C(C)(C)C(=O)O. The Balaban J connectivity index is 2.62. The number of hydrogen-bond donors (Lipinski definition) is 2. The van der Waals surface area contributed by atoms with Gasteiger partial charge < -0.3 is 10.4 Å². The van der Waals surface area contributed by atoms with Crippen molar-refractivity contribution >= 4 is 40.8 Å². The summed E-state index contributed by atoms with van der Waals surface area (Å²) in [6.07, 6.45) is 0.134. The van der Waals surface area contributed by atoms with Gasteiger partial charge in [-0.3, -0.25) is 14.5 Å². The number of nitrogens with zero attached hydrogens (tertiary/aromatic N) is 1. The average molecular weight is 333 g/mol. The molecular weight excluding hydrogens is 315 g/mol. The molecule has 0 fully saturated rings. The molecule has 7 heteroatoms. The zero-order chi connectivity index (χ0) is 16.2. The Morgan fingerprint density at radius 1 is 1.29 bits per heavy atom. The number of likely N-dealkylation sites (N-methyl/N-ethyl adjacent to an activating group) is 1. The molecule has 0 saturated carbocycles. The number of halogens is 2. The van der Waals surface area contributed by atoms with E-state index in [1.807, 2.05) is 0 Å². The predicted molar refractivity (Wildman–Crippen MR) is 84.1 cm³/mol. The first-order valence-electron chi connectivity index (χ1n) is 6.34. The number of para-hydroxylation sites is 1. The second-order valence-corrected chi connectivity index (χ2v) is 5.99. The van der Waals surface area contributed by atoms with E-state index in [4.69, 9.17) is 28.3 Å². The van der Waals surface area contributed by atoms with Gasteiger partial charge in [0.05, 0.1) is 15.7 Å². The first kappa shape index (κ1) is 17.8. The van der Waals surface area contributed by atoms with Crippen LogP contribution in [0, 0.1) is 0 Å². The van der Waals surface area contributed by atoms with Gasteiger partial charge in [0.25, 0.3) is 0 Å². The summed E-state index contributed by atoms with van der Waals surface area (Å²) in [6, 6.07) is 4.94. The molecule has 0 aliphatic rings. The molecule has 0 atom stereocenters. The Bertz CT molecular complexity index is 527. The number of carboxylic acid groups (broad SMARTS) is 1. The Hall–Kier alpha value is -1.30. The zero-order valence-corrected chi connectivity index (χ0v) is 13.6. The third kappa shape index (κ3) is 4.59. The number of amides is 1. The fraction of sp³-hybridized carbons (Fsp3) is 0.429. The van der Waals surface area contributed by atoms with Crippen molar-refractivity contribution in [2.45, 2.75) is 25.8 Å². The van der Waals surface area contributed by atoms with Crippen LogP contribution in [0.2, 0.25) is 10.0 Å². The maximum atomic E-state index is 11.9. The van der Waals surface area contributed by atoms with Gasteiger partial charge in [0.2, 0.25) is 5.91 Å². The third-order valence-electron chi connectivity index (χ3n) is 3.38. The monoisotopic (exact) mass is 332 g/mol. The summed E-state index contributed by atoms with van der Waals surface area (Å²) in [5.41, 5.74) is -0.673. The van der Waals surface area contributed by atoms with Crippen LogP contribution in [0.5, 0.6) is 0 Å². The van der Waals surface area contributed by atoms with Gasteiger partial charge in [-0.05, 0) is 33.0 Å². The average Bonchev–Trinajstić information content (AvgIpc) is 2.40. The summed E-state index contributed by atoms with van der Waals surface area (Å²) in [5.74, 6) is -1.22. The summed E-state index contributed by atoms with van der Waals surface area (Å²) < 4.78 is 0. The lowest BCUT2D eigenvalue weighted by atomic mass is 10.0. The van der Waals surface area contributed by atoms with Crippen LogP contribution < -0.4 is 5.32 Å². The van der Waals surface area contributed by atoms with Crippen molar-refractivity contribution in [2.75, 3.05) is 18.9 Å². The number of carbonyl (C=O) groups is 2. The fourth-order valence-electron chi connectivity index (χ4n) is 1.53. The molecule has 0 heterocycles. The predicted octanol–water partition coefficient (Wildman–Crippen LogP) is 3.12. The van der Waals surface area contributed by atoms with Crippen molar-refractivity contribution in [1.29, 1.82) is 0 Å². The first-order chi connectivity index (χ1) is 9.66. The number of carbonyl (C=O) groups excluding carboxylic acids is 1. The highest BCUT2D eigenvalue weighted by Gasteiger charge is 2.31. The van der Waals surface area contributed by atoms with Crippen molar-refractivity contribution in [2.24, 2.45) is 0 Å². The Labute approximate surface area is 133 Å². The molecule has 0 bridgehead atoms. The van der Waals surface area contributed by atoms with E-state index >= 15 is 0 Å². The standard InChI is InChI=1S/C14H18Cl2N2O3/c1-14(2,13(20)21)18(3)8-7-11(19)17-12-9(15)5-4-6-10(12)16/h4-6H,7-8H2,1-3H3,(H,17,19)(H,20,21). The van der Waals surface area contributed by atoms with Crippen LogP contribution >= 0.6 is 23.2 Å². The molecular formula is C14H18Cl2N2O3. The minimum Gasteiger partial charge on any atom is -0.480 e. The summed E-state index contributed by atoms with van der Waals surface area (Å²) in [5, 5.41) is 12.5. The first-order valence-corrected chi connectivity index (χ1v) is 7.10. The van der Waals surface area contributed by atoms with Crippen LogP contribution in [0.1, 0.15) is 20.3 Å². The quantitative estimate of drug-likeness (QED) is 0.839. The molecule has 1 rings (SSSR count). The van der Waals surface area contributed by atoms with Crippen LogP contribution in [-0.2, 0) is 9.59 Å². The molecule has 0 aliphatic carbocycles. The summed E-state index contributed by atoms with van der Waals surface area (Å²) in [6.45, 7) is 3.46. The second-order valence-electron chi connectivity index (χ2n) is 5.18. The third-order valence-corrected chi connectivity index (χ3v) is 4.01. The molecule has 0 radical (unpaired) electrons. The van der Waals surface area contributed by atoms with Gasteiger partial charge >= 0.3 is 5.97 Å². The molecule has 0 saturated heterocycles. The number of rotatable bonds is 6. The molecule has 0 spiro atoms.